The smallest absolute Gasteiger partial charge is 0.165 e. The largest absolute Gasteiger partial charge is 0.367 e. The van der Waals surface area contributed by atoms with Crippen LogP contribution >= 0.6 is 0 Å². The maximum absolute atomic E-state index is 4.56. The first-order chi connectivity index (χ1) is 13.3. The quantitative estimate of drug-likeness (QED) is 0.560. The Kier molecular flexibility index (Phi) is 3.85. The Morgan fingerprint density at radius 2 is 1.70 bits per heavy atom. The molecule has 0 bridgehead atoms. The molecule has 7 nitrogen and oxygen atoms in total. The molecule has 4 heterocycles. The van der Waals surface area contributed by atoms with Crippen molar-refractivity contribution in [3.8, 4) is 0 Å². The van der Waals surface area contributed by atoms with E-state index >= 15 is 0 Å². The molecule has 27 heavy (non-hydrogen) atoms. The van der Waals surface area contributed by atoms with Crippen molar-refractivity contribution in [2.75, 3.05) is 36.0 Å². The van der Waals surface area contributed by atoms with Gasteiger partial charge in [-0.15, -0.1) is 0 Å². The van der Waals surface area contributed by atoms with Gasteiger partial charge < -0.3 is 14.4 Å². The van der Waals surface area contributed by atoms with Crippen LogP contribution in [0.3, 0.4) is 0 Å². The second-order valence-electron chi connectivity index (χ2n) is 6.72. The summed E-state index contributed by atoms with van der Waals surface area (Å²) in [5.41, 5.74) is 4.09. The Balaban J connectivity index is 1.41. The van der Waals surface area contributed by atoms with Gasteiger partial charge in [0.25, 0.3) is 0 Å². The fraction of sp³-hybridized carbons (Fsp3) is 0.300. The number of pyridine rings is 1. The van der Waals surface area contributed by atoms with Gasteiger partial charge in [0.15, 0.2) is 17.0 Å². The number of fused-ring (bicyclic) bond motifs is 2. The third kappa shape index (κ3) is 2.66. The van der Waals surface area contributed by atoms with Crippen molar-refractivity contribution < 1.29 is 0 Å². The molecule has 1 aromatic carbocycles. The average molecular weight is 359 g/mol. The predicted octanol–water partition coefficient (Wildman–Crippen LogP) is 2.72. The van der Waals surface area contributed by atoms with Crippen LogP contribution in [0.25, 0.3) is 22.1 Å². The minimum Gasteiger partial charge on any atom is -0.367 e. The van der Waals surface area contributed by atoms with Crippen LogP contribution < -0.4 is 9.80 Å². The zero-order valence-corrected chi connectivity index (χ0v) is 15.3. The Morgan fingerprint density at radius 1 is 0.889 bits per heavy atom. The summed E-state index contributed by atoms with van der Waals surface area (Å²) in [5.74, 6) is 0.937. The van der Waals surface area contributed by atoms with Crippen molar-refractivity contribution in [1.29, 1.82) is 0 Å². The van der Waals surface area contributed by atoms with E-state index in [1.54, 1.807) is 6.33 Å². The van der Waals surface area contributed by atoms with E-state index in [-0.39, 0.29) is 0 Å². The summed E-state index contributed by atoms with van der Waals surface area (Å²) in [6, 6.07) is 10.4. The van der Waals surface area contributed by atoms with Crippen LogP contribution in [-0.4, -0.2) is 50.7 Å². The van der Waals surface area contributed by atoms with Crippen molar-refractivity contribution in [3.63, 3.8) is 0 Å². The first-order valence-electron chi connectivity index (χ1n) is 9.34. The Morgan fingerprint density at radius 3 is 2.56 bits per heavy atom. The Hall–Kier alpha value is -3.22. The molecule has 1 saturated heterocycles. The van der Waals surface area contributed by atoms with Gasteiger partial charge in [-0.3, -0.25) is 4.98 Å². The molecule has 0 aliphatic carbocycles. The lowest BCUT2D eigenvalue weighted by atomic mass is 10.1. The van der Waals surface area contributed by atoms with Gasteiger partial charge in [-0.2, -0.15) is 0 Å². The van der Waals surface area contributed by atoms with E-state index in [4.69, 9.17) is 0 Å². The molecule has 0 N–H and O–H groups in total. The van der Waals surface area contributed by atoms with Crippen LogP contribution in [-0.2, 0) is 6.54 Å². The third-order valence-corrected chi connectivity index (χ3v) is 5.27. The highest BCUT2D eigenvalue weighted by Crippen LogP contribution is 2.28. The maximum atomic E-state index is 4.56. The highest BCUT2D eigenvalue weighted by Gasteiger charge is 2.22. The van der Waals surface area contributed by atoms with Crippen LogP contribution in [0.5, 0.6) is 0 Å². The molecular weight excluding hydrogens is 338 g/mol. The van der Waals surface area contributed by atoms with Crippen LogP contribution in [0.1, 0.15) is 6.92 Å². The number of para-hydroxylation sites is 1. The van der Waals surface area contributed by atoms with Gasteiger partial charge in [-0.25, -0.2) is 15.0 Å². The molecule has 0 radical (unpaired) electrons. The van der Waals surface area contributed by atoms with Crippen molar-refractivity contribution in [2.45, 2.75) is 13.5 Å². The molecule has 1 fully saturated rings. The molecular formula is C20H21N7. The topological polar surface area (TPSA) is 63.0 Å². The first kappa shape index (κ1) is 16.0. The zero-order valence-electron chi connectivity index (χ0n) is 15.3. The van der Waals surface area contributed by atoms with Crippen LogP contribution in [0.15, 0.2) is 49.2 Å². The van der Waals surface area contributed by atoms with Gasteiger partial charge in [0, 0.05) is 50.0 Å². The highest BCUT2D eigenvalue weighted by molar-refractivity contribution is 5.91. The molecule has 0 spiro atoms. The minimum atomic E-state index is 0.857. The molecule has 0 amide bonds. The normalized spacial score (nSPS) is 15.0. The lowest BCUT2D eigenvalue weighted by molar-refractivity contribution is 0.649. The number of piperazine rings is 1. The van der Waals surface area contributed by atoms with E-state index in [9.17, 15) is 0 Å². The number of anilines is 2. The van der Waals surface area contributed by atoms with Gasteiger partial charge in [0.2, 0.25) is 0 Å². The lowest BCUT2D eigenvalue weighted by Gasteiger charge is -2.37. The molecule has 0 atom stereocenters. The molecule has 4 aromatic rings. The predicted molar refractivity (Wildman–Crippen MR) is 107 cm³/mol. The molecule has 5 rings (SSSR count). The van der Waals surface area contributed by atoms with Gasteiger partial charge in [-0.1, -0.05) is 18.2 Å². The number of imidazole rings is 1. The van der Waals surface area contributed by atoms with Crippen molar-refractivity contribution in [3.05, 3.63) is 49.2 Å². The lowest BCUT2D eigenvalue weighted by Crippen LogP contribution is -2.47. The van der Waals surface area contributed by atoms with Crippen molar-refractivity contribution >= 4 is 33.6 Å². The number of aromatic nitrogens is 5. The number of benzene rings is 1. The standard InChI is InChI=1S/C20H21N7/c1-2-25-14-24-18-19(25)22-13-23-20(18)27-11-9-26(10-12-27)17-7-8-21-16-6-4-3-5-15(16)17/h3-8,13-14H,2,9-12H2,1H3. The summed E-state index contributed by atoms with van der Waals surface area (Å²) in [5, 5.41) is 1.21. The zero-order chi connectivity index (χ0) is 18.2. The summed E-state index contributed by atoms with van der Waals surface area (Å²) in [4.78, 5) is 22.7. The third-order valence-electron chi connectivity index (χ3n) is 5.27. The van der Waals surface area contributed by atoms with E-state index in [0.29, 0.717) is 0 Å². The Labute approximate surface area is 157 Å². The van der Waals surface area contributed by atoms with E-state index < -0.39 is 0 Å². The highest BCUT2D eigenvalue weighted by atomic mass is 15.3. The summed E-state index contributed by atoms with van der Waals surface area (Å²) < 4.78 is 2.06. The van der Waals surface area contributed by atoms with Crippen LogP contribution in [0, 0.1) is 0 Å². The Bertz CT molecular complexity index is 1090. The molecule has 1 aliphatic heterocycles. The number of rotatable bonds is 3. The van der Waals surface area contributed by atoms with E-state index in [0.717, 1.165) is 55.2 Å². The van der Waals surface area contributed by atoms with Gasteiger partial charge >= 0.3 is 0 Å². The monoisotopic (exact) mass is 359 g/mol. The first-order valence-corrected chi connectivity index (χ1v) is 9.34. The van der Waals surface area contributed by atoms with Crippen LogP contribution in [0.2, 0.25) is 0 Å². The SMILES string of the molecule is CCn1cnc2c(N3CCN(c4ccnc5ccccc45)CC3)ncnc21. The van der Waals surface area contributed by atoms with Gasteiger partial charge in [0.05, 0.1) is 11.8 Å². The summed E-state index contributed by atoms with van der Waals surface area (Å²) in [7, 11) is 0. The molecule has 3 aromatic heterocycles. The molecule has 1 aliphatic rings. The summed E-state index contributed by atoms with van der Waals surface area (Å²) in [6.07, 6.45) is 5.39. The molecule has 0 unspecified atom stereocenters. The van der Waals surface area contributed by atoms with E-state index in [1.165, 1.54) is 11.1 Å². The maximum Gasteiger partial charge on any atom is 0.165 e. The van der Waals surface area contributed by atoms with Gasteiger partial charge in [-0.05, 0) is 19.1 Å². The number of nitrogens with zero attached hydrogens (tertiary/aromatic N) is 7. The van der Waals surface area contributed by atoms with E-state index in [2.05, 4.69) is 65.5 Å². The molecule has 7 heteroatoms. The van der Waals surface area contributed by atoms with Crippen LogP contribution in [0.4, 0.5) is 11.5 Å². The molecule has 0 saturated carbocycles. The number of hydrogen-bond acceptors (Lipinski definition) is 6. The van der Waals surface area contributed by atoms with Gasteiger partial charge in [0.1, 0.15) is 6.33 Å². The number of hydrogen-bond donors (Lipinski definition) is 0. The second-order valence-corrected chi connectivity index (χ2v) is 6.72. The average Bonchev–Trinajstić information content (AvgIpc) is 3.17. The summed E-state index contributed by atoms with van der Waals surface area (Å²) in [6.45, 7) is 6.64. The molecule has 136 valence electrons. The number of aryl methyl sites for hydroxylation is 1. The minimum absolute atomic E-state index is 0.857. The fourth-order valence-corrected chi connectivity index (χ4v) is 3.85. The van der Waals surface area contributed by atoms with Crippen molar-refractivity contribution in [2.24, 2.45) is 0 Å². The summed E-state index contributed by atoms with van der Waals surface area (Å²) >= 11 is 0. The van der Waals surface area contributed by atoms with Crippen molar-refractivity contribution in [1.82, 2.24) is 24.5 Å². The second kappa shape index (κ2) is 6.50. The van der Waals surface area contributed by atoms with E-state index in [1.807, 2.05) is 18.6 Å². The fourth-order valence-electron chi connectivity index (χ4n) is 3.85.